The van der Waals surface area contributed by atoms with Gasteiger partial charge in [-0.15, -0.1) is 0 Å². The number of hydrogen-bond acceptors (Lipinski definition) is 5. The van der Waals surface area contributed by atoms with Crippen molar-refractivity contribution >= 4 is 13.6 Å². The molecule has 0 atom stereocenters. The Labute approximate surface area is 132 Å². The summed E-state index contributed by atoms with van der Waals surface area (Å²) in [6, 6.07) is 10.0. The minimum absolute atomic E-state index is 0.000132. The van der Waals surface area contributed by atoms with Crippen LogP contribution < -0.4 is 4.52 Å². The lowest BCUT2D eigenvalue weighted by Crippen LogP contribution is -2.05. The van der Waals surface area contributed by atoms with Gasteiger partial charge in [0.15, 0.2) is 5.78 Å². The van der Waals surface area contributed by atoms with Crippen molar-refractivity contribution in [1.29, 1.82) is 0 Å². The van der Waals surface area contributed by atoms with Gasteiger partial charge in [-0.3, -0.25) is 14.6 Å². The average Bonchev–Trinajstić information content (AvgIpc) is 2.45. The first-order valence-electron chi connectivity index (χ1n) is 6.64. The Morgan fingerprint density at radius 2 is 1.70 bits per heavy atom. The number of carbonyl (C=O) groups is 1. The van der Waals surface area contributed by atoms with Gasteiger partial charge in [-0.05, 0) is 36.2 Å². The van der Waals surface area contributed by atoms with E-state index < -0.39 is 19.4 Å². The number of rotatable bonds is 6. The van der Waals surface area contributed by atoms with Gasteiger partial charge in [0.2, 0.25) is 0 Å². The van der Waals surface area contributed by atoms with Crippen LogP contribution in [-0.2, 0) is 11.0 Å². The highest BCUT2D eigenvalue weighted by atomic mass is 31.2. The van der Waals surface area contributed by atoms with Crippen molar-refractivity contribution < 1.29 is 33.9 Å². The Morgan fingerprint density at radius 3 is 2.30 bits per heavy atom. The molecule has 0 unspecified atom stereocenters. The zero-order valence-corrected chi connectivity index (χ0v) is 12.8. The van der Waals surface area contributed by atoms with Gasteiger partial charge in [0.05, 0.1) is 0 Å². The molecule has 0 radical (unpaired) electrons. The monoisotopic (exact) mass is 338 g/mol. The molecule has 2 rings (SSSR count). The molecular weight excluding hydrogens is 323 g/mol. The number of hydrogen-bond donors (Lipinski definition) is 4. The van der Waals surface area contributed by atoms with E-state index in [1.807, 2.05) is 0 Å². The predicted octanol–water partition coefficient (Wildman–Crippen LogP) is 2.38. The lowest BCUT2D eigenvalue weighted by molar-refractivity contribution is 0.0978. The van der Waals surface area contributed by atoms with E-state index >= 15 is 0 Å². The fourth-order valence-electron chi connectivity index (χ4n) is 2.05. The van der Waals surface area contributed by atoms with Crippen LogP contribution in [0.2, 0.25) is 0 Å². The van der Waals surface area contributed by atoms with E-state index in [0.29, 0.717) is 6.42 Å². The van der Waals surface area contributed by atoms with Gasteiger partial charge in [0, 0.05) is 6.42 Å². The first-order valence-corrected chi connectivity index (χ1v) is 8.17. The second-order valence-corrected chi connectivity index (χ2v) is 5.99. The third kappa shape index (κ3) is 4.82. The van der Waals surface area contributed by atoms with Gasteiger partial charge in [0.1, 0.15) is 22.8 Å². The van der Waals surface area contributed by atoms with Gasteiger partial charge >= 0.3 is 7.82 Å². The van der Waals surface area contributed by atoms with E-state index in [2.05, 4.69) is 4.52 Å². The molecule has 7 nitrogen and oxygen atoms in total. The van der Waals surface area contributed by atoms with Crippen molar-refractivity contribution in [3.8, 4) is 17.2 Å². The fraction of sp³-hybridized carbons (Fsp3) is 0.133. The number of phosphoric ester groups is 1. The summed E-state index contributed by atoms with van der Waals surface area (Å²) in [5.74, 6) is -1.18. The third-order valence-electron chi connectivity index (χ3n) is 3.08. The molecular formula is C15H15O7P. The number of phenolic OH excluding ortho intramolecular Hbond substituents is 2. The Hall–Kier alpha value is -2.34. The lowest BCUT2D eigenvalue weighted by Gasteiger charge is -2.12. The number of ketones is 1. The van der Waals surface area contributed by atoms with Crippen LogP contribution in [0.1, 0.15) is 22.3 Å². The van der Waals surface area contributed by atoms with Crippen LogP contribution in [0.25, 0.3) is 0 Å². The Balaban J connectivity index is 2.18. The Kier molecular flexibility index (Phi) is 5.05. The molecule has 122 valence electrons. The zero-order valence-electron chi connectivity index (χ0n) is 11.9. The largest absolute Gasteiger partial charge is 0.524 e. The summed E-state index contributed by atoms with van der Waals surface area (Å²) in [6.45, 7) is 0. The molecule has 0 spiro atoms. The predicted molar refractivity (Wildman–Crippen MR) is 81.5 cm³/mol. The second-order valence-electron chi connectivity index (χ2n) is 4.82. The van der Waals surface area contributed by atoms with Gasteiger partial charge in [-0.1, -0.05) is 18.2 Å². The number of phosphoric acid groups is 1. The molecule has 0 saturated heterocycles. The topological polar surface area (TPSA) is 124 Å². The number of aryl methyl sites for hydroxylation is 1. The maximum Gasteiger partial charge on any atom is 0.524 e. The van der Waals surface area contributed by atoms with Crippen LogP contribution in [0.15, 0.2) is 42.5 Å². The molecule has 0 aliphatic rings. The van der Waals surface area contributed by atoms with E-state index in [1.165, 1.54) is 30.3 Å². The molecule has 0 aliphatic heterocycles. The van der Waals surface area contributed by atoms with E-state index in [4.69, 9.17) is 9.79 Å². The first kappa shape index (κ1) is 17.0. The van der Waals surface area contributed by atoms with Crippen LogP contribution in [0.4, 0.5) is 0 Å². The fourth-order valence-corrected chi connectivity index (χ4v) is 2.46. The van der Waals surface area contributed by atoms with Crippen molar-refractivity contribution in [1.82, 2.24) is 0 Å². The summed E-state index contributed by atoms with van der Waals surface area (Å²) >= 11 is 0. The van der Waals surface area contributed by atoms with E-state index in [1.54, 1.807) is 12.1 Å². The quantitative estimate of drug-likeness (QED) is 0.471. The molecule has 23 heavy (non-hydrogen) atoms. The highest BCUT2D eigenvalue weighted by molar-refractivity contribution is 7.46. The van der Waals surface area contributed by atoms with Gasteiger partial charge in [0.25, 0.3) is 0 Å². The Bertz CT molecular complexity index is 749. The van der Waals surface area contributed by atoms with E-state index in [0.717, 1.165) is 5.56 Å². The van der Waals surface area contributed by atoms with Crippen molar-refractivity contribution in [3.63, 3.8) is 0 Å². The number of phenols is 2. The standard InChI is InChI=1S/C15H15O7P/c16-11-7-4-10(5-8-11)6-9-13(18)15-12(17)2-1-3-14(15)22-23(19,20)21/h1-5,7-8,16-17H,6,9H2,(H2,19,20,21). The molecule has 8 heteroatoms. The molecule has 0 amide bonds. The van der Waals surface area contributed by atoms with Crippen molar-refractivity contribution in [2.75, 3.05) is 0 Å². The Morgan fingerprint density at radius 1 is 1.04 bits per heavy atom. The molecule has 4 N–H and O–H groups in total. The molecule has 0 aliphatic carbocycles. The average molecular weight is 338 g/mol. The molecule has 0 fully saturated rings. The summed E-state index contributed by atoms with van der Waals surface area (Å²) < 4.78 is 15.4. The maximum atomic E-state index is 12.3. The normalized spacial score (nSPS) is 11.2. The summed E-state index contributed by atoms with van der Waals surface area (Å²) in [6.07, 6.45) is 0.336. The minimum atomic E-state index is -4.85. The lowest BCUT2D eigenvalue weighted by atomic mass is 10.0. The van der Waals surface area contributed by atoms with Gasteiger partial charge in [-0.25, -0.2) is 4.57 Å². The van der Waals surface area contributed by atoms with Crippen LogP contribution in [0.3, 0.4) is 0 Å². The molecule has 2 aromatic carbocycles. The second kappa shape index (κ2) is 6.83. The number of benzene rings is 2. The summed E-state index contributed by atoms with van der Waals surface area (Å²) in [7, 11) is -4.85. The SMILES string of the molecule is O=C(CCc1ccc(O)cc1)c1c(O)cccc1OP(=O)(O)O. The molecule has 0 heterocycles. The van der Waals surface area contributed by atoms with Gasteiger partial charge < -0.3 is 14.7 Å². The molecule has 0 aromatic heterocycles. The summed E-state index contributed by atoms with van der Waals surface area (Å²) in [5, 5.41) is 19.0. The van der Waals surface area contributed by atoms with Crippen molar-refractivity contribution in [2.24, 2.45) is 0 Å². The van der Waals surface area contributed by atoms with Gasteiger partial charge in [-0.2, -0.15) is 0 Å². The minimum Gasteiger partial charge on any atom is -0.508 e. The summed E-state index contributed by atoms with van der Waals surface area (Å²) in [4.78, 5) is 30.0. The number of Topliss-reactive ketones (excluding diaryl/α,β-unsaturated/α-hetero) is 1. The summed E-state index contributed by atoms with van der Waals surface area (Å²) in [5.41, 5.74) is 0.527. The zero-order chi connectivity index (χ0) is 17.0. The highest BCUT2D eigenvalue weighted by Crippen LogP contribution is 2.41. The van der Waals surface area contributed by atoms with Crippen LogP contribution in [0, 0.1) is 0 Å². The maximum absolute atomic E-state index is 12.3. The molecule has 0 bridgehead atoms. The van der Waals surface area contributed by atoms with Crippen LogP contribution >= 0.6 is 7.82 Å². The highest BCUT2D eigenvalue weighted by Gasteiger charge is 2.23. The van der Waals surface area contributed by atoms with E-state index in [9.17, 15) is 19.6 Å². The van der Waals surface area contributed by atoms with Crippen molar-refractivity contribution in [2.45, 2.75) is 12.8 Å². The first-order chi connectivity index (χ1) is 10.8. The van der Waals surface area contributed by atoms with Crippen LogP contribution in [-0.4, -0.2) is 25.8 Å². The van der Waals surface area contributed by atoms with Crippen molar-refractivity contribution in [3.05, 3.63) is 53.6 Å². The van der Waals surface area contributed by atoms with E-state index in [-0.39, 0.29) is 23.5 Å². The number of aromatic hydroxyl groups is 2. The van der Waals surface area contributed by atoms with Crippen LogP contribution in [0.5, 0.6) is 17.2 Å². The third-order valence-corrected chi connectivity index (χ3v) is 3.51. The smallest absolute Gasteiger partial charge is 0.508 e. The number of carbonyl (C=O) groups excluding carboxylic acids is 1. The molecule has 2 aromatic rings. The molecule has 0 saturated carbocycles.